The monoisotopic (exact) mass is 276 g/mol. The van der Waals surface area contributed by atoms with Gasteiger partial charge in [-0.3, -0.25) is 0 Å². The molecule has 1 heterocycles. The van der Waals surface area contributed by atoms with Gasteiger partial charge in [0.15, 0.2) is 0 Å². The molecule has 0 spiro atoms. The first kappa shape index (κ1) is 14.6. The van der Waals surface area contributed by atoms with Crippen LogP contribution in [0.5, 0.6) is 0 Å². The van der Waals surface area contributed by atoms with Crippen molar-refractivity contribution in [3.63, 3.8) is 0 Å². The van der Waals surface area contributed by atoms with Gasteiger partial charge in [0.25, 0.3) is 0 Å². The number of rotatable bonds is 5. The average molecular weight is 276 g/mol. The van der Waals surface area contributed by atoms with Crippen LogP contribution in [0.25, 0.3) is 0 Å². The largest absolute Gasteiger partial charge is 0.309 e. The number of hydrogen-bond acceptors (Lipinski definition) is 3. The van der Waals surface area contributed by atoms with Crippen LogP contribution in [0, 0.1) is 17.2 Å². The molecule has 1 fully saturated rings. The third-order valence-electron chi connectivity index (χ3n) is 4.42. The Morgan fingerprint density at radius 2 is 2.11 bits per heavy atom. The molecule has 1 aromatic rings. The third-order valence-corrected chi connectivity index (χ3v) is 5.46. The first-order chi connectivity index (χ1) is 9.19. The second-order valence-corrected chi connectivity index (χ2v) is 6.90. The van der Waals surface area contributed by atoms with E-state index in [1.165, 1.54) is 37.0 Å². The van der Waals surface area contributed by atoms with Crippen LogP contribution in [0.2, 0.25) is 0 Å². The summed E-state index contributed by atoms with van der Waals surface area (Å²) in [7, 11) is 4.19. The lowest BCUT2D eigenvalue weighted by Crippen LogP contribution is -2.37. The molecule has 0 amide bonds. The van der Waals surface area contributed by atoms with Gasteiger partial charge in [-0.15, -0.1) is 11.3 Å². The summed E-state index contributed by atoms with van der Waals surface area (Å²) in [5.41, 5.74) is -0.251. The minimum absolute atomic E-state index is 0.251. The van der Waals surface area contributed by atoms with Gasteiger partial charge in [0.2, 0.25) is 0 Å². The lowest BCUT2D eigenvalue weighted by molar-refractivity contribution is 0.223. The minimum Gasteiger partial charge on any atom is -0.309 e. The molecule has 0 radical (unpaired) electrons. The molecule has 1 aliphatic carbocycles. The van der Waals surface area contributed by atoms with Gasteiger partial charge in [-0.05, 0) is 57.3 Å². The summed E-state index contributed by atoms with van der Waals surface area (Å²) in [6.07, 6.45) is 7.33. The van der Waals surface area contributed by atoms with Crippen LogP contribution in [-0.2, 0) is 5.41 Å². The first-order valence-corrected chi connectivity index (χ1v) is 8.17. The Kier molecular flexibility index (Phi) is 5.01. The van der Waals surface area contributed by atoms with E-state index in [-0.39, 0.29) is 5.41 Å². The lowest BCUT2D eigenvalue weighted by Gasteiger charge is -2.37. The summed E-state index contributed by atoms with van der Waals surface area (Å²) in [6, 6.07) is 6.98. The Morgan fingerprint density at radius 1 is 1.37 bits per heavy atom. The van der Waals surface area contributed by atoms with Crippen molar-refractivity contribution in [2.24, 2.45) is 5.92 Å². The Morgan fingerprint density at radius 3 is 2.63 bits per heavy atom. The summed E-state index contributed by atoms with van der Waals surface area (Å²) < 4.78 is 0. The standard InChI is InChI=1S/C16H24N2S/c1-18(2)11-10-16(13-17,15-9-6-12-19-15)14-7-4-3-5-8-14/h6,9,12,14H,3-5,7-8,10-11H2,1-2H3. The fourth-order valence-corrected chi connectivity index (χ4v) is 4.24. The molecular formula is C16H24N2S. The van der Waals surface area contributed by atoms with E-state index in [4.69, 9.17) is 0 Å². The Balaban J connectivity index is 2.27. The van der Waals surface area contributed by atoms with Crippen LogP contribution >= 0.6 is 11.3 Å². The highest BCUT2D eigenvalue weighted by Gasteiger charge is 2.41. The summed E-state index contributed by atoms with van der Waals surface area (Å²) in [5.74, 6) is 0.546. The molecule has 1 atom stereocenters. The van der Waals surface area contributed by atoms with Gasteiger partial charge >= 0.3 is 0 Å². The topological polar surface area (TPSA) is 27.0 Å². The van der Waals surface area contributed by atoms with Crippen molar-refractivity contribution >= 4 is 11.3 Å². The highest BCUT2D eigenvalue weighted by molar-refractivity contribution is 7.10. The SMILES string of the molecule is CN(C)CCC(C#N)(c1cccs1)C1CCCCC1. The Bertz CT molecular complexity index is 412. The van der Waals surface area contributed by atoms with Crippen LogP contribution in [0.1, 0.15) is 43.4 Å². The summed E-state index contributed by atoms with van der Waals surface area (Å²) in [4.78, 5) is 3.48. The third kappa shape index (κ3) is 3.19. The predicted molar refractivity (Wildman–Crippen MR) is 81.4 cm³/mol. The maximum atomic E-state index is 9.95. The fraction of sp³-hybridized carbons (Fsp3) is 0.688. The quantitative estimate of drug-likeness (QED) is 0.811. The molecule has 19 heavy (non-hydrogen) atoms. The summed E-state index contributed by atoms with van der Waals surface area (Å²) in [6.45, 7) is 0.988. The molecule has 0 saturated heterocycles. The minimum atomic E-state index is -0.251. The maximum absolute atomic E-state index is 9.95. The molecule has 0 aromatic carbocycles. The highest BCUT2D eigenvalue weighted by Crippen LogP contribution is 2.44. The molecule has 1 aromatic heterocycles. The van der Waals surface area contributed by atoms with E-state index in [1.807, 2.05) is 0 Å². The van der Waals surface area contributed by atoms with E-state index in [2.05, 4.69) is 42.6 Å². The molecule has 2 rings (SSSR count). The van der Waals surface area contributed by atoms with E-state index in [0.717, 1.165) is 13.0 Å². The zero-order chi connectivity index (χ0) is 13.7. The molecule has 0 N–H and O–H groups in total. The summed E-state index contributed by atoms with van der Waals surface area (Å²) >= 11 is 1.76. The van der Waals surface area contributed by atoms with Crippen molar-refractivity contribution < 1.29 is 0 Å². The smallest absolute Gasteiger partial charge is 0.0954 e. The van der Waals surface area contributed by atoms with Crippen molar-refractivity contribution in [2.45, 2.75) is 43.9 Å². The van der Waals surface area contributed by atoms with Crippen molar-refractivity contribution in [3.05, 3.63) is 22.4 Å². The second-order valence-electron chi connectivity index (χ2n) is 5.95. The van der Waals surface area contributed by atoms with Gasteiger partial charge in [0.05, 0.1) is 11.5 Å². The van der Waals surface area contributed by atoms with Crippen molar-refractivity contribution in [1.29, 1.82) is 5.26 Å². The number of hydrogen-bond donors (Lipinski definition) is 0. The van der Waals surface area contributed by atoms with Crippen molar-refractivity contribution in [1.82, 2.24) is 4.90 Å². The molecule has 1 aliphatic rings. The first-order valence-electron chi connectivity index (χ1n) is 7.29. The number of thiophene rings is 1. The Labute approximate surface area is 121 Å². The van der Waals surface area contributed by atoms with Gasteiger partial charge in [0, 0.05) is 4.88 Å². The van der Waals surface area contributed by atoms with Gasteiger partial charge in [-0.2, -0.15) is 5.26 Å². The number of nitriles is 1. The number of nitrogens with zero attached hydrogens (tertiary/aromatic N) is 2. The second kappa shape index (κ2) is 6.54. The van der Waals surface area contributed by atoms with Crippen LogP contribution in [-0.4, -0.2) is 25.5 Å². The van der Waals surface area contributed by atoms with E-state index >= 15 is 0 Å². The molecular weight excluding hydrogens is 252 g/mol. The maximum Gasteiger partial charge on any atom is 0.0954 e. The van der Waals surface area contributed by atoms with Crippen LogP contribution < -0.4 is 0 Å². The van der Waals surface area contributed by atoms with Crippen molar-refractivity contribution in [2.75, 3.05) is 20.6 Å². The van der Waals surface area contributed by atoms with E-state index in [0.29, 0.717) is 5.92 Å². The van der Waals surface area contributed by atoms with Crippen LogP contribution in [0.4, 0.5) is 0 Å². The van der Waals surface area contributed by atoms with E-state index < -0.39 is 0 Å². The van der Waals surface area contributed by atoms with Gasteiger partial charge in [0.1, 0.15) is 0 Å². The molecule has 1 unspecified atom stereocenters. The van der Waals surface area contributed by atoms with Gasteiger partial charge in [-0.25, -0.2) is 0 Å². The van der Waals surface area contributed by atoms with E-state index in [9.17, 15) is 5.26 Å². The Hall–Kier alpha value is -0.850. The molecule has 104 valence electrons. The van der Waals surface area contributed by atoms with Gasteiger partial charge in [-0.1, -0.05) is 25.3 Å². The normalized spacial score (nSPS) is 20.1. The highest BCUT2D eigenvalue weighted by atomic mass is 32.1. The van der Waals surface area contributed by atoms with Gasteiger partial charge < -0.3 is 4.90 Å². The van der Waals surface area contributed by atoms with Crippen molar-refractivity contribution in [3.8, 4) is 6.07 Å². The molecule has 1 saturated carbocycles. The predicted octanol–water partition coefficient (Wildman–Crippen LogP) is 4.04. The molecule has 3 heteroatoms. The molecule has 2 nitrogen and oxygen atoms in total. The average Bonchev–Trinajstić information content (AvgIpc) is 2.96. The lowest BCUT2D eigenvalue weighted by atomic mass is 9.67. The fourth-order valence-electron chi connectivity index (χ4n) is 3.26. The zero-order valence-electron chi connectivity index (χ0n) is 12.1. The molecule has 0 bridgehead atoms. The van der Waals surface area contributed by atoms with E-state index in [1.54, 1.807) is 11.3 Å². The summed E-state index contributed by atoms with van der Waals surface area (Å²) in [5, 5.41) is 12.1. The van der Waals surface area contributed by atoms with Crippen LogP contribution in [0.3, 0.4) is 0 Å². The zero-order valence-corrected chi connectivity index (χ0v) is 12.9. The molecule has 0 aliphatic heterocycles. The van der Waals surface area contributed by atoms with Crippen LogP contribution in [0.15, 0.2) is 17.5 Å².